The van der Waals surface area contributed by atoms with Gasteiger partial charge in [-0.2, -0.15) is 0 Å². The van der Waals surface area contributed by atoms with Gasteiger partial charge < -0.3 is 9.32 Å². The Hall–Kier alpha value is -6.90. The van der Waals surface area contributed by atoms with Crippen molar-refractivity contribution in [2.24, 2.45) is 0 Å². The third kappa shape index (κ3) is 5.03. The van der Waals surface area contributed by atoms with Crippen molar-refractivity contribution in [1.29, 1.82) is 0 Å². The predicted molar refractivity (Wildman–Crippen MR) is 226 cm³/mol. The maximum absolute atomic E-state index is 6.41. The van der Waals surface area contributed by atoms with Gasteiger partial charge in [0, 0.05) is 39.8 Å². The van der Waals surface area contributed by atoms with Gasteiger partial charge in [0.25, 0.3) is 0 Å². The van der Waals surface area contributed by atoms with Gasteiger partial charge in [-0.1, -0.05) is 146 Å². The molecule has 9 aromatic rings. The van der Waals surface area contributed by atoms with Crippen LogP contribution in [-0.4, -0.2) is 0 Å². The average molecular weight is 690 g/mol. The van der Waals surface area contributed by atoms with Crippen LogP contribution in [0.4, 0.5) is 17.1 Å². The second kappa shape index (κ2) is 12.4. The standard InChI is InChI=1S/C52H35NO/c1-2-10-35(11-3-1)49-32-38(20-18-36-12-4-6-14-44(36)49)34-22-24-41(25-23-34)53(43-27-29-48-47-16-8-9-17-50(47)54-51(48)33-43)42-26-28-46-40(31-42)30-39-21-19-37-13-5-7-15-45(37)52(39)46/h1-29,31-33,38H,30H2. The van der Waals surface area contributed by atoms with Crippen molar-refractivity contribution in [2.75, 3.05) is 4.90 Å². The molecule has 2 aliphatic rings. The second-order valence-corrected chi connectivity index (χ2v) is 14.5. The Labute approximate surface area is 314 Å². The molecule has 0 N–H and O–H groups in total. The molecule has 1 atom stereocenters. The number of allylic oxidation sites excluding steroid dienone is 2. The molecule has 0 spiro atoms. The summed E-state index contributed by atoms with van der Waals surface area (Å²) >= 11 is 0. The molecular weight excluding hydrogens is 655 g/mol. The van der Waals surface area contributed by atoms with Gasteiger partial charge in [0.2, 0.25) is 0 Å². The third-order valence-corrected chi connectivity index (χ3v) is 11.3. The molecule has 2 heteroatoms. The molecule has 2 aliphatic carbocycles. The van der Waals surface area contributed by atoms with Crippen molar-refractivity contribution >= 4 is 61.4 Å². The van der Waals surface area contributed by atoms with Crippen molar-refractivity contribution < 1.29 is 4.42 Å². The molecule has 1 heterocycles. The van der Waals surface area contributed by atoms with Gasteiger partial charge in [-0.05, 0) is 110 Å². The minimum atomic E-state index is 0.121. The maximum atomic E-state index is 6.41. The highest BCUT2D eigenvalue weighted by Crippen LogP contribution is 2.46. The third-order valence-electron chi connectivity index (χ3n) is 11.3. The lowest BCUT2D eigenvalue weighted by Crippen LogP contribution is -2.10. The SMILES string of the molecule is C1=CC(c2ccc(N(c3ccc4c(c3)Cc3ccc5ccccc5c3-4)c3ccc4c(c3)oc3ccccc34)cc2)C=C(c2ccccc2)c2ccccc21. The molecule has 0 saturated carbocycles. The van der Waals surface area contributed by atoms with Crippen molar-refractivity contribution in [3.8, 4) is 11.1 Å². The number of hydrogen-bond donors (Lipinski definition) is 0. The summed E-state index contributed by atoms with van der Waals surface area (Å²) in [4.78, 5) is 2.38. The highest BCUT2D eigenvalue weighted by molar-refractivity contribution is 6.06. The fourth-order valence-electron chi connectivity index (χ4n) is 8.74. The molecule has 0 fully saturated rings. The van der Waals surface area contributed by atoms with Crippen LogP contribution in [-0.2, 0) is 6.42 Å². The van der Waals surface area contributed by atoms with E-state index in [4.69, 9.17) is 4.42 Å². The van der Waals surface area contributed by atoms with Crippen LogP contribution >= 0.6 is 0 Å². The van der Waals surface area contributed by atoms with E-state index in [2.05, 4.69) is 187 Å². The average Bonchev–Trinajstić information content (AvgIpc) is 3.73. The maximum Gasteiger partial charge on any atom is 0.137 e. The monoisotopic (exact) mass is 689 g/mol. The summed E-state index contributed by atoms with van der Waals surface area (Å²) in [7, 11) is 0. The summed E-state index contributed by atoms with van der Waals surface area (Å²) < 4.78 is 6.41. The predicted octanol–water partition coefficient (Wildman–Crippen LogP) is 14.0. The van der Waals surface area contributed by atoms with Crippen molar-refractivity contribution in [3.63, 3.8) is 0 Å². The van der Waals surface area contributed by atoms with Gasteiger partial charge in [0.05, 0.1) is 0 Å². The Morgan fingerprint density at radius 3 is 2.13 bits per heavy atom. The summed E-state index contributed by atoms with van der Waals surface area (Å²) in [5.41, 5.74) is 16.8. The Bertz CT molecular complexity index is 2960. The molecule has 54 heavy (non-hydrogen) atoms. The first-order valence-corrected chi connectivity index (χ1v) is 18.8. The van der Waals surface area contributed by atoms with E-state index in [1.165, 1.54) is 60.9 Å². The summed E-state index contributed by atoms with van der Waals surface area (Å²) in [5, 5.41) is 4.87. The van der Waals surface area contributed by atoms with E-state index in [-0.39, 0.29) is 5.92 Å². The Morgan fingerprint density at radius 1 is 0.500 bits per heavy atom. The van der Waals surface area contributed by atoms with E-state index in [0.717, 1.165) is 45.4 Å². The number of benzene rings is 8. The van der Waals surface area contributed by atoms with Crippen LogP contribution in [0.5, 0.6) is 0 Å². The van der Waals surface area contributed by atoms with Gasteiger partial charge in [-0.25, -0.2) is 0 Å². The van der Waals surface area contributed by atoms with Crippen LogP contribution in [0.25, 0.3) is 55.5 Å². The van der Waals surface area contributed by atoms with Crippen LogP contribution in [0.1, 0.15) is 39.3 Å². The molecule has 1 unspecified atom stereocenters. The van der Waals surface area contributed by atoms with Gasteiger partial charge in [0.1, 0.15) is 11.2 Å². The van der Waals surface area contributed by atoms with Crippen molar-refractivity contribution in [2.45, 2.75) is 12.3 Å². The zero-order valence-electron chi connectivity index (χ0n) is 29.6. The topological polar surface area (TPSA) is 16.4 Å². The molecule has 11 rings (SSSR count). The highest BCUT2D eigenvalue weighted by Gasteiger charge is 2.24. The summed E-state index contributed by atoms with van der Waals surface area (Å²) in [6, 6.07) is 63.8. The summed E-state index contributed by atoms with van der Waals surface area (Å²) in [5.74, 6) is 0.121. The molecule has 1 aromatic heterocycles. The fraction of sp³-hybridized carbons (Fsp3) is 0.0385. The zero-order chi connectivity index (χ0) is 35.6. The lowest BCUT2D eigenvalue weighted by atomic mass is 9.91. The highest BCUT2D eigenvalue weighted by atomic mass is 16.3. The summed E-state index contributed by atoms with van der Waals surface area (Å²) in [6.45, 7) is 0. The van der Waals surface area contributed by atoms with Crippen molar-refractivity contribution in [3.05, 3.63) is 221 Å². The first-order chi connectivity index (χ1) is 26.7. The van der Waals surface area contributed by atoms with Crippen LogP contribution in [0.15, 0.2) is 192 Å². The number of nitrogens with zero attached hydrogens (tertiary/aromatic N) is 1. The Kier molecular flexibility index (Phi) is 7.03. The van der Waals surface area contributed by atoms with E-state index in [9.17, 15) is 0 Å². The van der Waals surface area contributed by atoms with Crippen LogP contribution in [0, 0.1) is 0 Å². The minimum Gasteiger partial charge on any atom is -0.456 e. The van der Waals surface area contributed by atoms with E-state index in [1.54, 1.807) is 0 Å². The van der Waals surface area contributed by atoms with Crippen LogP contribution < -0.4 is 4.90 Å². The quantitative estimate of drug-likeness (QED) is 0.179. The number of hydrogen-bond acceptors (Lipinski definition) is 2. The van der Waals surface area contributed by atoms with Gasteiger partial charge in [0.15, 0.2) is 0 Å². The number of para-hydroxylation sites is 1. The lowest BCUT2D eigenvalue weighted by molar-refractivity contribution is 0.669. The fourth-order valence-corrected chi connectivity index (χ4v) is 8.74. The van der Waals surface area contributed by atoms with Gasteiger partial charge in [-0.3, -0.25) is 0 Å². The molecule has 0 saturated heterocycles. The minimum absolute atomic E-state index is 0.121. The molecule has 254 valence electrons. The molecule has 0 aliphatic heterocycles. The van der Waals surface area contributed by atoms with Crippen LogP contribution in [0.3, 0.4) is 0 Å². The normalized spacial score (nSPS) is 14.4. The number of furan rings is 1. The smallest absolute Gasteiger partial charge is 0.137 e. The molecule has 8 aromatic carbocycles. The first-order valence-electron chi connectivity index (χ1n) is 18.8. The van der Waals surface area contributed by atoms with E-state index >= 15 is 0 Å². The number of rotatable bonds is 5. The molecule has 2 nitrogen and oxygen atoms in total. The lowest BCUT2D eigenvalue weighted by Gasteiger charge is -2.26. The zero-order valence-corrected chi connectivity index (χ0v) is 29.6. The number of anilines is 3. The second-order valence-electron chi connectivity index (χ2n) is 14.5. The van der Waals surface area contributed by atoms with Gasteiger partial charge >= 0.3 is 0 Å². The Balaban J connectivity index is 1.03. The largest absolute Gasteiger partial charge is 0.456 e. The Morgan fingerprint density at radius 2 is 1.22 bits per heavy atom. The summed E-state index contributed by atoms with van der Waals surface area (Å²) in [6.07, 6.45) is 7.95. The number of fused-ring (bicyclic) bond motifs is 9. The molecule has 0 bridgehead atoms. The van der Waals surface area contributed by atoms with E-state index < -0.39 is 0 Å². The van der Waals surface area contributed by atoms with Crippen molar-refractivity contribution in [1.82, 2.24) is 0 Å². The van der Waals surface area contributed by atoms with E-state index in [0.29, 0.717) is 0 Å². The molecular formula is C52H35NO. The van der Waals surface area contributed by atoms with Gasteiger partial charge in [-0.15, -0.1) is 0 Å². The molecule has 0 amide bonds. The molecule has 0 radical (unpaired) electrons. The van der Waals surface area contributed by atoms with Crippen LogP contribution in [0.2, 0.25) is 0 Å². The van der Waals surface area contributed by atoms with E-state index in [1.807, 2.05) is 12.1 Å². The first kappa shape index (κ1) is 30.7.